The van der Waals surface area contributed by atoms with Crippen molar-refractivity contribution in [3.05, 3.63) is 122 Å². The van der Waals surface area contributed by atoms with E-state index in [1.54, 1.807) is 69.2 Å². The highest BCUT2D eigenvalue weighted by Gasteiger charge is 2.17. The van der Waals surface area contributed by atoms with Crippen LogP contribution in [-0.4, -0.2) is 62.7 Å². The molecule has 5 N–H and O–H groups in total. The zero-order valence-electron chi connectivity index (χ0n) is 25.9. The summed E-state index contributed by atoms with van der Waals surface area (Å²) in [6, 6.07) is 10.1. The summed E-state index contributed by atoms with van der Waals surface area (Å²) >= 11 is 0. The van der Waals surface area contributed by atoms with Crippen molar-refractivity contribution >= 4 is 23.6 Å². The summed E-state index contributed by atoms with van der Waals surface area (Å²) in [6.07, 6.45) is 13.5. The van der Waals surface area contributed by atoms with Crippen LogP contribution in [0.1, 0.15) is 41.0 Å². The number of nitrogens with zero attached hydrogens (tertiary/aromatic N) is 4. The minimum Gasteiger partial charge on any atom is -0.366 e. The quantitative estimate of drug-likeness (QED) is 0.111. The van der Waals surface area contributed by atoms with Gasteiger partial charge in [-0.15, -0.1) is 13.2 Å². The molecule has 0 fully saturated rings. The maximum atomic E-state index is 12.5. The lowest BCUT2D eigenvalue weighted by atomic mass is 10.1. The number of pyridine rings is 4. The van der Waals surface area contributed by atoms with Crippen molar-refractivity contribution in [1.82, 2.24) is 35.9 Å². The van der Waals surface area contributed by atoms with Crippen LogP contribution < -0.4 is 21.7 Å². The largest absolute Gasteiger partial charge is 0.366 e. The van der Waals surface area contributed by atoms with Crippen LogP contribution in [0.4, 0.5) is 0 Å². The molecular formula is C34H38N8O4. The normalized spacial score (nSPS) is 10.4. The van der Waals surface area contributed by atoms with E-state index < -0.39 is 11.9 Å². The van der Waals surface area contributed by atoms with Crippen LogP contribution >= 0.6 is 0 Å². The van der Waals surface area contributed by atoms with Gasteiger partial charge in [0.2, 0.25) is 17.7 Å². The summed E-state index contributed by atoms with van der Waals surface area (Å²) in [5, 5.41) is 8.08. The van der Waals surface area contributed by atoms with Gasteiger partial charge in [-0.05, 0) is 44.5 Å². The van der Waals surface area contributed by atoms with Gasteiger partial charge in [0, 0.05) is 90.5 Å². The molecule has 238 valence electrons. The molecule has 1 unspecified atom stereocenters. The summed E-state index contributed by atoms with van der Waals surface area (Å²) in [7, 11) is 0. The third-order valence-electron chi connectivity index (χ3n) is 6.08. The molecule has 4 heterocycles. The number of aromatic nitrogens is 4. The fraction of sp³-hybridized carbons (Fsp3) is 0.176. The molecule has 0 aromatic carbocycles. The molecule has 12 heteroatoms. The Bertz CT molecular complexity index is 1610. The first-order chi connectivity index (χ1) is 22.2. The number of hydrogen-bond donors (Lipinski definition) is 4. The van der Waals surface area contributed by atoms with E-state index in [9.17, 15) is 19.2 Å². The van der Waals surface area contributed by atoms with E-state index in [0.717, 1.165) is 22.3 Å². The number of rotatable bonds is 11. The van der Waals surface area contributed by atoms with Crippen molar-refractivity contribution in [2.75, 3.05) is 13.1 Å². The van der Waals surface area contributed by atoms with E-state index in [1.807, 2.05) is 18.2 Å². The Hall–Kier alpha value is -6.04. The van der Waals surface area contributed by atoms with E-state index in [2.05, 4.69) is 55.6 Å². The first kappa shape index (κ1) is 36.2. The molecule has 0 aliphatic carbocycles. The highest BCUT2D eigenvalue weighted by molar-refractivity contribution is 5.98. The molecule has 0 spiro atoms. The van der Waals surface area contributed by atoms with Crippen molar-refractivity contribution in [2.45, 2.75) is 26.3 Å². The highest BCUT2D eigenvalue weighted by Crippen LogP contribution is 2.18. The molecule has 0 aliphatic rings. The third kappa shape index (κ3) is 11.9. The smallest absolute Gasteiger partial charge is 0.253 e. The van der Waals surface area contributed by atoms with Gasteiger partial charge in [0.05, 0.1) is 11.1 Å². The zero-order chi connectivity index (χ0) is 33.9. The maximum Gasteiger partial charge on any atom is 0.253 e. The van der Waals surface area contributed by atoms with Gasteiger partial charge in [0.1, 0.15) is 6.04 Å². The molecule has 0 saturated carbocycles. The molecule has 4 aromatic heterocycles. The molecule has 4 rings (SSSR count). The van der Waals surface area contributed by atoms with Gasteiger partial charge in [0.15, 0.2) is 0 Å². The Kier molecular flexibility index (Phi) is 15.2. The summed E-state index contributed by atoms with van der Waals surface area (Å²) in [5.41, 5.74) is 9.71. The van der Waals surface area contributed by atoms with Crippen molar-refractivity contribution in [3.63, 3.8) is 0 Å². The maximum absolute atomic E-state index is 12.5. The van der Waals surface area contributed by atoms with Crippen LogP contribution in [0.3, 0.4) is 0 Å². The van der Waals surface area contributed by atoms with Gasteiger partial charge < -0.3 is 21.7 Å². The minimum absolute atomic E-state index is 0.209. The van der Waals surface area contributed by atoms with E-state index in [4.69, 9.17) is 5.73 Å². The first-order valence-corrected chi connectivity index (χ1v) is 14.2. The van der Waals surface area contributed by atoms with E-state index in [-0.39, 0.29) is 17.7 Å². The van der Waals surface area contributed by atoms with Crippen LogP contribution in [0, 0.1) is 0 Å². The summed E-state index contributed by atoms with van der Waals surface area (Å²) in [6.45, 7) is 13.6. The Labute approximate surface area is 268 Å². The number of primary amides is 1. The van der Waals surface area contributed by atoms with Gasteiger partial charge in [-0.3, -0.25) is 39.1 Å². The van der Waals surface area contributed by atoms with E-state index >= 15 is 0 Å². The fourth-order valence-corrected chi connectivity index (χ4v) is 3.67. The highest BCUT2D eigenvalue weighted by atomic mass is 16.2. The van der Waals surface area contributed by atoms with Crippen molar-refractivity contribution in [2.24, 2.45) is 5.73 Å². The van der Waals surface area contributed by atoms with Crippen molar-refractivity contribution < 1.29 is 19.2 Å². The number of carbonyl (C=O) groups excluding carboxylic acids is 4. The molecule has 46 heavy (non-hydrogen) atoms. The minimum atomic E-state index is -0.713. The number of hydrogen-bond acceptors (Lipinski definition) is 8. The van der Waals surface area contributed by atoms with Gasteiger partial charge >= 0.3 is 0 Å². The topological polar surface area (TPSA) is 182 Å². The lowest BCUT2D eigenvalue weighted by molar-refractivity contribution is -0.122. The Balaban J connectivity index is 0.000000361. The summed E-state index contributed by atoms with van der Waals surface area (Å²) in [4.78, 5) is 63.0. The van der Waals surface area contributed by atoms with Gasteiger partial charge in [0.25, 0.3) is 5.91 Å². The molecule has 12 nitrogen and oxygen atoms in total. The molecule has 1 atom stereocenters. The molecule has 0 aliphatic heterocycles. The number of carbonyl (C=O) groups is 4. The van der Waals surface area contributed by atoms with Gasteiger partial charge in [-0.2, -0.15) is 0 Å². The number of nitrogens with two attached hydrogens (primary N) is 1. The summed E-state index contributed by atoms with van der Waals surface area (Å²) < 4.78 is 0. The molecule has 4 amide bonds. The fourth-order valence-electron chi connectivity index (χ4n) is 3.67. The van der Waals surface area contributed by atoms with Gasteiger partial charge in [-0.25, -0.2) is 0 Å². The van der Waals surface area contributed by atoms with Crippen LogP contribution in [-0.2, 0) is 9.59 Å². The lowest BCUT2D eigenvalue weighted by Gasteiger charge is -2.14. The molecule has 0 bridgehead atoms. The molecule has 0 saturated heterocycles. The zero-order valence-corrected chi connectivity index (χ0v) is 25.9. The molecular weight excluding hydrogens is 584 g/mol. The lowest BCUT2D eigenvalue weighted by Crippen LogP contribution is -2.45. The predicted molar refractivity (Wildman–Crippen MR) is 177 cm³/mol. The second-order valence-corrected chi connectivity index (χ2v) is 9.65. The third-order valence-corrected chi connectivity index (χ3v) is 6.08. The first-order valence-electron chi connectivity index (χ1n) is 14.2. The Morgan fingerprint density at radius 1 is 0.761 bits per heavy atom. The second kappa shape index (κ2) is 19.3. The standard InChI is InChI=1S/C21H25N5O3.C11H9N3O.C2H4/c1-14(2)19(27)24-8-5-9-25-20(28)15(3)26-21(29)18-10-17(12-23-13-18)16-6-4-7-22-11-16;12-11(15)10-4-9(6-14-7-10)8-2-1-3-13-5-8;1-2/h4,6-7,10-13,15H,1,5,8-9H2,2-3H3,(H,24,27)(H,25,28)(H,26,29);1-7H,(H2,12,15);1-2H2. The van der Waals surface area contributed by atoms with Crippen LogP contribution in [0.2, 0.25) is 0 Å². The van der Waals surface area contributed by atoms with E-state index in [0.29, 0.717) is 36.2 Å². The predicted octanol–water partition coefficient (Wildman–Crippen LogP) is 3.51. The van der Waals surface area contributed by atoms with Crippen LogP contribution in [0.15, 0.2) is 111 Å². The van der Waals surface area contributed by atoms with Crippen molar-refractivity contribution in [1.29, 1.82) is 0 Å². The molecule has 4 aromatic rings. The van der Waals surface area contributed by atoms with Gasteiger partial charge in [-0.1, -0.05) is 18.7 Å². The summed E-state index contributed by atoms with van der Waals surface area (Å²) in [5.74, 6) is -1.38. The average Bonchev–Trinajstić information content (AvgIpc) is 3.09. The number of amides is 4. The average molecular weight is 623 g/mol. The Morgan fingerprint density at radius 2 is 1.26 bits per heavy atom. The van der Waals surface area contributed by atoms with Crippen LogP contribution in [0.25, 0.3) is 22.3 Å². The number of nitrogens with one attached hydrogen (secondary N) is 3. The van der Waals surface area contributed by atoms with Crippen LogP contribution in [0.5, 0.6) is 0 Å². The second-order valence-electron chi connectivity index (χ2n) is 9.65. The Morgan fingerprint density at radius 3 is 1.76 bits per heavy atom. The van der Waals surface area contributed by atoms with Crippen molar-refractivity contribution in [3.8, 4) is 22.3 Å². The monoisotopic (exact) mass is 622 g/mol. The SMILES string of the molecule is C=C.C=C(C)C(=O)NCCCNC(=O)C(C)NC(=O)c1cncc(-c2cccnc2)c1.NC(=O)c1cncc(-c2cccnc2)c1. The van der Waals surface area contributed by atoms with E-state index in [1.165, 1.54) is 12.4 Å². The molecule has 0 radical (unpaired) electrons.